The summed E-state index contributed by atoms with van der Waals surface area (Å²) in [5.74, 6) is 0.230. The summed E-state index contributed by atoms with van der Waals surface area (Å²) in [6.45, 7) is 3.78. The SMILES string of the molecule is Cc1cc(N2C=CN(C(=O)C3CCCNC3)C=C2)c2ccccc2n1. The molecular weight excluding hydrogens is 312 g/mol. The van der Waals surface area contributed by atoms with Crippen molar-refractivity contribution in [3.63, 3.8) is 0 Å². The number of benzene rings is 1. The highest BCUT2D eigenvalue weighted by atomic mass is 16.2. The standard InChI is InChI=1S/C20H22N4O/c1-15-13-19(17-6-2-3-7-18(17)22-15)23-9-11-24(12-10-23)20(25)16-5-4-8-21-14-16/h2-3,6-7,9-13,16,21H,4-5,8,14H2,1H3. The maximum absolute atomic E-state index is 12.6. The van der Waals surface area contributed by atoms with Gasteiger partial charge in [0.2, 0.25) is 5.91 Å². The molecule has 0 saturated carbocycles. The van der Waals surface area contributed by atoms with Gasteiger partial charge in [0.15, 0.2) is 0 Å². The minimum atomic E-state index is 0.0681. The number of hydrogen-bond donors (Lipinski definition) is 1. The first-order valence-corrected chi connectivity index (χ1v) is 8.76. The molecule has 1 aromatic heterocycles. The van der Waals surface area contributed by atoms with Crippen molar-refractivity contribution in [3.05, 3.63) is 60.8 Å². The number of nitrogens with one attached hydrogen (secondary N) is 1. The van der Waals surface area contributed by atoms with E-state index in [1.807, 2.05) is 54.8 Å². The van der Waals surface area contributed by atoms with Gasteiger partial charge in [-0.05, 0) is 38.4 Å². The highest BCUT2D eigenvalue weighted by molar-refractivity contribution is 5.93. The maximum atomic E-state index is 12.6. The molecule has 1 N–H and O–H groups in total. The number of carbonyl (C=O) groups is 1. The molecule has 2 aromatic rings. The molecule has 1 saturated heterocycles. The van der Waals surface area contributed by atoms with Gasteiger partial charge in [-0.3, -0.25) is 14.7 Å². The second kappa shape index (κ2) is 6.69. The molecule has 5 heteroatoms. The first-order valence-electron chi connectivity index (χ1n) is 8.76. The third kappa shape index (κ3) is 3.15. The fourth-order valence-corrected chi connectivity index (χ4v) is 3.47. The first kappa shape index (κ1) is 15.8. The lowest BCUT2D eigenvalue weighted by Gasteiger charge is -2.29. The molecule has 2 aliphatic rings. The van der Waals surface area contributed by atoms with Gasteiger partial charge >= 0.3 is 0 Å². The number of nitrogens with zero attached hydrogens (tertiary/aromatic N) is 3. The van der Waals surface area contributed by atoms with Crippen molar-refractivity contribution in [2.75, 3.05) is 18.0 Å². The topological polar surface area (TPSA) is 48.5 Å². The molecule has 128 valence electrons. The lowest BCUT2D eigenvalue weighted by atomic mass is 9.98. The summed E-state index contributed by atoms with van der Waals surface area (Å²) in [5.41, 5.74) is 3.02. The smallest absolute Gasteiger partial charge is 0.235 e. The highest BCUT2D eigenvalue weighted by Crippen LogP contribution is 2.28. The first-order chi connectivity index (χ1) is 12.2. The number of anilines is 1. The third-order valence-electron chi connectivity index (χ3n) is 4.78. The van der Waals surface area contributed by atoms with E-state index in [2.05, 4.69) is 22.4 Å². The summed E-state index contributed by atoms with van der Waals surface area (Å²) >= 11 is 0. The Bertz CT molecular complexity index is 838. The van der Waals surface area contributed by atoms with Crippen molar-refractivity contribution < 1.29 is 4.79 Å². The van der Waals surface area contributed by atoms with E-state index in [-0.39, 0.29) is 11.8 Å². The Morgan fingerprint density at radius 1 is 1.20 bits per heavy atom. The number of pyridine rings is 1. The van der Waals surface area contributed by atoms with Crippen molar-refractivity contribution in [3.8, 4) is 0 Å². The Morgan fingerprint density at radius 3 is 2.76 bits per heavy atom. The summed E-state index contributed by atoms with van der Waals surface area (Å²) in [6, 6.07) is 10.2. The van der Waals surface area contributed by atoms with E-state index in [0.29, 0.717) is 0 Å². The predicted octanol–water partition coefficient (Wildman–Crippen LogP) is 3.13. The zero-order valence-corrected chi connectivity index (χ0v) is 14.4. The van der Waals surface area contributed by atoms with Crippen molar-refractivity contribution in [1.82, 2.24) is 15.2 Å². The molecule has 0 aliphatic carbocycles. The lowest BCUT2D eigenvalue weighted by molar-refractivity contribution is -0.131. The van der Waals surface area contributed by atoms with E-state index in [9.17, 15) is 4.79 Å². The van der Waals surface area contributed by atoms with Crippen LogP contribution < -0.4 is 10.2 Å². The molecule has 25 heavy (non-hydrogen) atoms. The van der Waals surface area contributed by atoms with Crippen LogP contribution >= 0.6 is 0 Å². The molecule has 5 nitrogen and oxygen atoms in total. The summed E-state index contributed by atoms with van der Waals surface area (Å²) < 4.78 is 0. The van der Waals surface area contributed by atoms with E-state index < -0.39 is 0 Å². The summed E-state index contributed by atoms with van der Waals surface area (Å²) in [6.07, 6.45) is 9.60. The third-order valence-corrected chi connectivity index (χ3v) is 4.78. The van der Waals surface area contributed by atoms with Crippen LogP contribution in [-0.4, -0.2) is 28.9 Å². The van der Waals surface area contributed by atoms with Gasteiger partial charge in [-0.25, -0.2) is 0 Å². The molecule has 1 fully saturated rings. The van der Waals surface area contributed by atoms with E-state index in [0.717, 1.165) is 48.2 Å². The molecular formula is C20H22N4O. The fraction of sp³-hybridized carbons (Fsp3) is 0.300. The van der Waals surface area contributed by atoms with E-state index in [1.54, 1.807) is 4.90 Å². The Morgan fingerprint density at radius 2 is 2.00 bits per heavy atom. The Hall–Kier alpha value is -2.66. The number of piperidine rings is 1. The molecule has 0 spiro atoms. The van der Waals surface area contributed by atoms with Crippen molar-refractivity contribution in [1.29, 1.82) is 0 Å². The number of para-hydroxylation sites is 1. The van der Waals surface area contributed by atoms with E-state index in [4.69, 9.17) is 0 Å². The highest BCUT2D eigenvalue weighted by Gasteiger charge is 2.25. The summed E-state index contributed by atoms with van der Waals surface area (Å²) in [7, 11) is 0. The largest absolute Gasteiger partial charge is 0.320 e. The summed E-state index contributed by atoms with van der Waals surface area (Å²) in [5, 5.41) is 4.40. The monoisotopic (exact) mass is 334 g/mol. The van der Waals surface area contributed by atoms with Crippen LogP contribution in [0.25, 0.3) is 10.9 Å². The minimum absolute atomic E-state index is 0.0681. The van der Waals surface area contributed by atoms with Crippen molar-refractivity contribution >= 4 is 22.5 Å². The molecule has 0 radical (unpaired) electrons. The number of aryl methyl sites for hydroxylation is 1. The molecule has 2 aliphatic heterocycles. The molecule has 1 amide bonds. The molecule has 1 atom stereocenters. The fourth-order valence-electron chi connectivity index (χ4n) is 3.47. The van der Waals surface area contributed by atoms with Crippen LogP contribution in [0, 0.1) is 12.8 Å². The average Bonchev–Trinajstić information content (AvgIpc) is 2.67. The van der Waals surface area contributed by atoms with Crippen molar-refractivity contribution in [2.45, 2.75) is 19.8 Å². The maximum Gasteiger partial charge on any atom is 0.235 e. The normalized spacial score (nSPS) is 20.3. The number of hydrogen-bond acceptors (Lipinski definition) is 4. The second-order valence-corrected chi connectivity index (χ2v) is 6.59. The van der Waals surface area contributed by atoms with E-state index >= 15 is 0 Å². The van der Waals surface area contributed by atoms with Crippen molar-refractivity contribution in [2.24, 2.45) is 5.92 Å². The zero-order chi connectivity index (χ0) is 17.2. The molecule has 0 bridgehead atoms. The van der Waals surface area contributed by atoms with Crippen LogP contribution in [0.3, 0.4) is 0 Å². The molecule has 1 aromatic carbocycles. The molecule has 3 heterocycles. The van der Waals surface area contributed by atoms with Gasteiger partial charge in [0.1, 0.15) is 0 Å². The number of amides is 1. The van der Waals surface area contributed by atoms with Crippen LogP contribution in [0.5, 0.6) is 0 Å². The number of rotatable bonds is 2. The minimum Gasteiger partial charge on any atom is -0.320 e. The van der Waals surface area contributed by atoms with Gasteiger partial charge < -0.3 is 10.2 Å². The van der Waals surface area contributed by atoms with Crippen LogP contribution in [0.1, 0.15) is 18.5 Å². The number of carbonyl (C=O) groups excluding carboxylic acids is 1. The van der Waals surface area contributed by atoms with Gasteiger partial charge in [0.05, 0.1) is 17.1 Å². The number of aromatic nitrogens is 1. The zero-order valence-electron chi connectivity index (χ0n) is 14.4. The van der Waals surface area contributed by atoms with Gasteiger partial charge in [0, 0.05) is 42.4 Å². The van der Waals surface area contributed by atoms with Crippen LogP contribution in [-0.2, 0) is 4.79 Å². The van der Waals surface area contributed by atoms with Gasteiger partial charge in [0.25, 0.3) is 0 Å². The van der Waals surface area contributed by atoms with Crippen LogP contribution in [0.15, 0.2) is 55.1 Å². The molecule has 4 rings (SSSR count). The molecule has 1 unspecified atom stereocenters. The van der Waals surface area contributed by atoms with Gasteiger partial charge in [-0.15, -0.1) is 0 Å². The van der Waals surface area contributed by atoms with Crippen LogP contribution in [0.2, 0.25) is 0 Å². The Labute approximate surface area is 147 Å². The van der Waals surface area contributed by atoms with Gasteiger partial charge in [-0.2, -0.15) is 0 Å². The average molecular weight is 334 g/mol. The van der Waals surface area contributed by atoms with E-state index in [1.165, 1.54) is 0 Å². The van der Waals surface area contributed by atoms with Crippen LogP contribution in [0.4, 0.5) is 5.69 Å². The second-order valence-electron chi connectivity index (χ2n) is 6.59. The number of fused-ring (bicyclic) bond motifs is 1. The lowest BCUT2D eigenvalue weighted by Crippen LogP contribution is -2.40. The summed E-state index contributed by atoms with van der Waals surface area (Å²) in [4.78, 5) is 20.9. The quantitative estimate of drug-likeness (QED) is 0.917. The predicted molar refractivity (Wildman–Crippen MR) is 99.7 cm³/mol. The Balaban J connectivity index is 1.57. The van der Waals surface area contributed by atoms with Gasteiger partial charge in [-0.1, -0.05) is 18.2 Å². The Kier molecular flexibility index (Phi) is 4.24.